The molecule has 0 bridgehead atoms. The molecule has 0 saturated heterocycles. The van der Waals surface area contributed by atoms with Crippen molar-refractivity contribution < 1.29 is 9.90 Å². The Kier molecular flexibility index (Phi) is 3.27. The molecule has 0 aliphatic heterocycles. The molecule has 1 amide bonds. The van der Waals surface area contributed by atoms with Crippen LogP contribution in [0.25, 0.3) is 0 Å². The van der Waals surface area contributed by atoms with Crippen LogP contribution in [0.5, 0.6) is 0 Å². The van der Waals surface area contributed by atoms with Crippen molar-refractivity contribution in [1.82, 2.24) is 5.32 Å². The molecule has 0 aromatic carbocycles. The van der Waals surface area contributed by atoms with E-state index in [4.69, 9.17) is 10.8 Å². The molecule has 1 aliphatic rings. The summed E-state index contributed by atoms with van der Waals surface area (Å²) in [6.45, 7) is 2.53. The van der Waals surface area contributed by atoms with Gasteiger partial charge in [0.1, 0.15) is 0 Å². The largest absolute Gasteiger partial charge is 0.396 e. The minimum Gasteiger partial charge on any atom is -0.396 e. The van der Waals surface area contributed by atoms with Gasteiger partial charge in [0.05, 0.1) is 6.04 Å². The van der Waals surface area contributed by atoms with Crippen LogP contribution in [0.3, 0.4) is 0 Å². The van der Waals surface area contributed by atoms with Crippen molar-refractivity contribution in [2.75, 3.05) is 13.2 Å². The second-order valence-corrected chi connectivity index (χ2v) is 3.98. The average Bonchev–Trinajstić information content (AvgIpc) is 2.82. The molecule has 1 fully saturated rings. The zero-order chi connectivity index (χ0) is 9.90. The predicted molar refractivity (Wildman–Crippen MR) is 50.0 cm³/mol. The number of carbonyl (C=O) groups is 1. The third-order valence-corrected chi connectivity index (χ3v) is 2.65. The summed E-state index contributed by atoms with van der Waals surface area (Å²) in [4.78, 5) is 11.1. The smallest absolute Gasteiger partial charge is 0.236 e. The van der Waals surface area contributed by atoms with E-state index in [-0.39, 0.29) is 17.9 Å². The first-order chi connectivity index (χ1) is 6.09. The molecular weight excluding hydrogens is 168 g/mol. The van der Waals surface area contributed by atoms with E-state index in [1.807, 2.05) is 0 Å². The van der Waals surface area contributed by atoms with Gasteiger partial charge >= 0.3 is 0 Å². The van der Waals surface area contributed by atoms with Crippen molar-refractivity contribution in [3.8, 4) is 0 Å². The predicted octanol–water partition coefficient (Wildman–Crippen LogP) is -0.388. The Labute approximate surface area is 78.5 Å². The third kappa shape index (κ3) is 2.97. The van der Waals surface area contributed by atoms with Gasteiger partial charge in [0.25, 0.3) is 0 Å². The zero-order valence-corrected chi connectivity index (χ0v) is 8.05. The molecule has 4 N–H and O–H groups in total. The normalized spacial score (nSPS) is 20.8. The summed E-state index contributed by atoms with van der Waals surface area (Å²) in [5, 5.41) is 11.6. The lowest BCUT2D eigenvalue weighted by molar-refractivity contribution is -0.122. The summed E-state index contributed by atoms with van der Waals surface area (Å²) in [6, 6.07) is -0.440. The van der Waals surface area contributed by atoms with Crippen molar-refractivity contribution in [3.05, 3.63) is 0 Å². The lowest BCUT2D eigenvalue weighted by Gasteiger charge is -2.15. The van der Waals surface area contributed by atoms with Gasteiger partial charge in [-0.25, -0.2) is 0 Å². The Balaban J connectivity index is 2.22. The topological polar surface area (TPSA) is 75.4 Å². The highest BCUT2D eigenvalue weighted by molar-refractivity contribution is 5.81. The van der Waals surface area contributed by atoms with Crippen molar-refractivity contribution in [3.63, 3.8) is 0 Å². The van der Waals surface area contributed by atoms with Crippen LogP contribution < -0.4 is 11.1 Å². The minimum absolute atomic E-state index is 0.107. The van der Waals surface area contributed by atoms with Crippen LogP contribution in [-0.2, 0) is 4.79 Å². The Morgan fingerprint density at radius 1 is 1.69 bits per heavy atom. The second kappa shape index (κ2) is 4.07. The maximum Gasteiger partial charge on any atom is 0.236 e. The van der Waals surface area contributed by atoms with E-state index < -0.39 is 6.04 Å². The summed E-state index contributed by atoms with van der Waals surface area (Å²) in [6.07, 6.45) is 2.99. The molecule has 1 atom stereocenters. The van der Waals surface area contributed by atoms with E-state index in [2.05, 4.69) is 5.32 Å². The van der Waals surface area contributed by atoms with E-state index >= 15 is 0 Å². The molecule has 1 rings (SSSR count). The quantitative estimate of drug-likeness (QED) is 0.547. The lowest BCUT2D eigenvalue weighted by atomic mass is 10.0. The fraction of sp³-hybridized carbons (Fsp3) is 0.889. The number of nitrogens with two attached hydrogens (primary N) is 1. The fourth-order valence-corrected chi connectivity index (χ4v) is 1.36. The highest BCUT2D eigenvalue weighted by atomic mass is 16.3. The molecule has 13 heavy (non-hydrogen) atoms. The van der Waals surface area contributed by atoms with Crippen LogP contribution >= 0.6 is 0 Å². The van der Waals surface area contributed by atoms with Crippen LogP contribution in [0.1, 0.15) is 26.2 Å². The van der Waals surface area contributed by atoms with Gasteiger partial charge in [0, 0.05) is 13.2 Å². The van der Waals surface area contributed by atoms with Gasteiger partial charge in [-0.2, -0.15) is 0 Å². The maximum absolute atomic E-state index is 11.1. The van der Waals surface area contributed by atoms with Crippen LogP contribution in [-0.4, -0.2) is 30.2 Å². The summed E-state index contributed by atoms with van der Waals surface area (Å²) in [5.74, 6) is -0.107. The Bertz CT molecular complexity index is 188. The number of hydrogen-bond acceptors (Lipinski definition) is 3. The van der Waals surface area contributed by atoms with Gasteiger partial charge in [-0.1, -0.05) is 0 Å². The second-order valence-electron chi connectivity index (χ2n) is 3.98. The Morgan fingerprint density at radius 2 is 2.31 bits per heavy atom. The number of amides is 1. The number of aliphatic hydroxyl groups is 1. The molecular formula is C9H18N2O2. The highest BCUT2D eigenvalue weighted by Crippen LogP contribution is 2.47. The van der Waals surface area contributed by atoms with Gasteiger partial charge in [0.15, 0.2) is 0 Å². The number of aliphatic hydroxyl groups excluding tert-OH is 1. The van der Waals surface area contributed by atoms with E-state index in [0.29, 0.717) is 6.54 Å². The Morgan fingerprint density at radius 3 is 2.69 bits per heavy atom. The molecule has 1 aliphatic carbocycles. The monoisotopic (exact) mass is 186 g/mol. The molecule has 0 aromatic rings. The summed E-state index contributed by atoms with van der Waals surface area (Å²) in [5.41, 5.74) is 5.58. The first-order valence-corrected chi connectivity index (χ1v) is 4.74. The number of nitrogens with one attached hydrogen (secondary N) is 1. The fourth-order valence-electron chi connectivity index (χ4n) is 1.36. The first-order valence-electron chi connectivity index (χ1n) is 4.74. The standard InChI is InChI=1S/C9H18N2O2/c1-7(10)8(13)11-6-9(2-3-9)4-5-12/h7,12H,2-6,10H2,1H3,(H,11,13). The van der Waals surface area contributed by atoms with Crippen molar-refractivity contribution in [1.29, 1.82) is 0 Å². The van der Waals surface area contributed by atoms with Crippen LogP contribution in [0.2, 0.25) is 0 Å². The molecule has 4 nitrogen and oxygen atoms in total. The molecule has 0 heterocycles. The summed E-state index contributed by atoms with van der Waals surface area (Å²) >= 11 is 0. The number of hydrogen-bond donors (Lipinski definition) is 3. The van der Waals surface area contributed by atoms with Gasteiger partial charge in [-0.15, -0.1) is 0 Å². The Hall–Kier alpha value is -0.610. The van der Waals surface area contributed by atoms with Crippen LogP contribution in [0.15, 0.2) is 0 Å². The molecule has 4 heteroatoms. The highest BCUT2D eigenvalue weighted by Gasteiger charge is 2.41. The summed E-state index contributed by atoms with van der Waals surface area (Å²) in [7, 11) is 0. The molecule has 0 radical (unpaired) electrons. The van der Waals surface area contributed by atoms with Gasteiger partial charge in [-0.05, 0) is 31.6 Å². The van der Waals surface area contributed by atoms with Crippen LogP contribution in [0.4, 0.5) is 0 Å². The van der Waals surface area contributed by atoms with E-state index in [0.717, 1.165) is 19.3 Å². The number of carbonyl (C=O) groups excluding carboxylic acids is 1. The van der Waals surface area contributed by atoms with Crippen molar-refractivity contribution >= 4 is 5.91 Å². The van der Waals surface area contributed by atoms with Crippen LogP contribution in [0, 0.1) is 5.41 Å². The third-order valence-electron chi connectivity index (χ3n) is 2.65. The van der Waals surface area contributed by atoms with E-state index in [9.17, 15) is 4.79 Å². The zero-order valence-electron chi connectivity index (χ0n) is 8.05. The van der Waals surface area contributed by atoms with E-state index in [1.54, 1.807) is 6.92 Å². The van der Waals surface area contributed by atoms with Crippen molar-refractivity contribution in [2.45, 2.75) is 32.2 Å². The summed E-state index contributed by atoms with van der Waals surface area (Å²) < 4.78 is 0. The molecule has 1 unspecified atom stereocenters. The minimum atomic E-state index is -0.440. The molecule has 1 saturated carbocycles. The van der Waals surface area contributed by atoms with Gasteiger partial charge < -0.3 is 16.2 Å². The van der Waals surface area contributed by atoms with Crippen molar-refractivity contribution in [2.24, 2.45) is 11.1 Å². The maximum atomic E-state index is 11.1. The lowest BCUT2D eigenvalue weighted by Crippen LogP contribution is -2.41. The molecule has 0 spiro atoms. The number of rotatable bonds is 5. The molecule has 76 valence electrons. The average molecular weight is 186 g/mol. The van der Waals surface area contributed by atoms with E-state index in [1.165, 1.54) is 0 Å². The molecule has 0 aromatic heterocycles. The van der Waals surface area contributed by atoms with Gasteiger partial charge in [-0.3, -0.25) is 4.79 Å². The van der Waals surface area contributed by atoms with Gasteiger partial charge in [0.2, 0.25) is 5.91 Å². The SMILES string of the molecule is CC(N)C(=O)NCC1(CCO)CC1. The first kappa shape index (κ1) is 10.5.